The zero-order chi connectivity index (χ0) is 14.7. The first kappa shape index (κ1) is 14.0. The van der Waals surface area contributed by atoms with E-state index in [-0.39, 0.29) is 11.2 Å². The number of ether oxygens (including phenoxy) is 1. The molecule has 2 nitrogen and oxygen atoms in total. The van der Waals surface area contributed by atoms with Crippen molar-refractivity contribution in [2.45, 2.75) is 5.25 Å². The molecule has 0 heterocycles. The molecule has 0 saturated heterocycles. The molecule has 0 spiro atoms. The SMILES string of the molecule is COC(=O)CSC1C=Cc2cc3ccccc3cc2C=C1. The van der Waals surface area contributed by atoms with Crippen LogP contribution in [0.1, 0.15) is 11.1 Å². The number of carbonyl (C=O) groups excluding carboxylic acids is 1. The molecule has 2 aromatic rings. The van der Waals surface area contributed by atoms with Crippen LogP contribution in [-0.4, -0.2) is 24.1 Å². The Balaban J connectivity index is 1.86. The Labute approximate surface area is 128 Å². The maximum absolute atomic E-state index is 11.2. The van der Waals surface area contributed by atoms with Crippen molar-refractivity contribution in [3.63, 3.8) is 0 Å². The molecule has 0 N–H and O–H groups in total. The molecule has 1 aliphatic carbocycles. The van der Waals surface area contributed by atoms with Crippen LogP contribution in [0, 0.1) is 0 Å². The third-order valence-corrected chi connectivity index (χ3v) is 4.61. The molecule has 3 rings (SSSR count). The molecule has 0 amide bonds. The van der Waals surface area contributed by atoms with Crippen molar-refractivity contribution in [1.82, 2.24) is 0 Å². The van der Waals surface area contributed by atoms with Crippen molar-refractivity contribution in [2.75, 3.05) is 12.9 Å². The molecule has 0 radical (unpaired) electrons. The highest BCUT2D eigenvalue weighted by atomic mass is 32.2. The molecule has 0 unspecified atom stereocenters. The fourth-order valence-corrected chi connectivity index (χ4v) is 3.19. The molecular formula is C18H16O2S. The number of hydrogen-bond donors (Lipinski definition) is 0. The highest BCUT2D eigenvalue weighted by molar-refractivity contribution is 8.00. The summed E-state index contributed by atoms with van der Waals surface area (Å²) in [6, 6.07) is 12.8. The maximum atomic E-state index is 11.2. The third-order valence-electron chi connectivity index (χ3n) is 3.50. The Bertz CT molecular complexity index is 679. The summed E-state index contributed by atoms with van der Waals surface area (Å²) in [5.41, 5.74) is 2.43. The molecular weight excluding hydrogens is 280 g/mol. The molecule has 106 valence electrons. The molecule has 0 fully saturated rings. The summed E-state index contributed by atoms with van der Waals surface area (Å²) in [4.78, 5) is 11.2. The Kier molecular flexibility index (Phi) is 4.11. The van der Waals surface area contributed by atoms with Gasteiger partial charge in [-0.3, -0.25) is 4.79 Å². The molecule has 21 heavy (non-hydrogen) atoms. The molecule has 1 aliphatic rings. The second kappa shape index (κ2) is 6.19. The lowest BCUT2D eigenvalue weighted by Gasteiger charge is -2.04. The number of rotatable bonds is 3. The summed E-state index contributed by atoms with van der Waals surface area (Å²) in [7, 11) is 1.42. The van der Waals surface area contributed by atoms with E-state index in [1.165, 1.54) is 29.0 Å². The zero-order valence-corrected chi connectivity index (χ0v) is 12.6. The van der Waals surface area contributed by atoms with E-state index in [1.807, 2.05) is 0 Å². The normalized spacial score (nSPS) is 14.0. The molecule has 0 bridgehead atoms. The Morgan fingerprint density at radius 3 is 2.19 bits per heavy atom. The van der Waals surface area contributed by atoms with E-state index in [0.29, 0.717) is 5.75 Å². The Morgan fingerprint density at radius 2 is 1.67 bits per heavy atom. The predicted octanol–water partition coefficient (Wildman–Crippen LogP) is 4.15. The van der Waals surface area contributed by atoms with Crippen LogP contribution < -0.4 is 0 Å². The highest BCUT2D eigenvalue weighted by Gasteiger charge is 2.10. The quantitative estimate of drug-likeness (QED) is 0.796. The largest absolute Gasteiger partial charge is 0.468 e. The van der Waals surface area contributed by atoms with Crippen LogP contribution in [0.25, 0.3) is 22.9 Å². The van der Waals surface area contributed by atoms with E-state index in [1.54, 1.807) is 11.8 Å². The second-order valence-corrected chi connectivity index (χ2v) is 6.06. The minimum absolute atomic E-state index is 0.186. The van der Waals surface area contributed by atoms with E-state index < -0.39 is 0 Å². The molecule has 0 aliphatic heterocycles. The smallest absolute Gasteiger partial charge is 0.315 e. The van der Waals surface area contributed by atoms with Crippen molar-refractivity contribution in [2.24, 2.45) is 0 Å². The van der Waals surface area contributed by atoms with Crippen LogP contribution in [0.5, 0.6) is 0 Å². The minimum atomic E-state index is -0.186. The van der Waals surface area contributed by atoms with Crippen LogP contribution in [0.2, 0.25) is 0 Å². The molecule has 0 atom stereocenters. The first-order valence-electron chi connectivity index (χ1n) is 6.84. The lowest BCUT2D eigenvalue weighted by molar-refractivity contribution is -0.137. The lowest BCUT2D eigenvalue weighted by atomic mass is 10.0. The number of benzene rings is 2. The summed E-state index contributed by atoms with van der Waals surface area (Å²) in [6.07, 6.45) is 8.53. The van der Waals surface area contributed by atoms with Gasteiger partial charge in [-0.1, -0.05) is 48.6 Å². The third kappa shape index (κ3) is 3.19. The summed E-state index contributed by atoms with van der Waals surface area (Å²) >= 11 is 1.57. The van der Waals surface area contributed by atoms with Crippen LogP contribution >= 0.6 is 11.8 Å². The zero-order valence-electron chi connectivity index (χ0n) is 11.8. The van der Waals surface area contributed by atoms with Crippen molar-refractivity contribution >= 4 is 40.7 Å². The van der Waals surface area contributed by atoms with Crippen molar-refractivity contribution in [3.8, 4) is 0 Å². The van der Waals surface area contributed by atoms with Gasteiger partial charge in [0.1, 0.15) is 0 Å². The van der Waals surface area contributed by atoms with Crippen LogP contribution in [0.4, 0.5) is 0 Å². The summed E-state index contributed by atoms with van der Waals surface area (Å²) in [6.45, 7) is 0. The van der Waals surface area contributed by atoms with Gasteiger partial charge in [-0.05, 0) is 34.0 Å². The number of esters is 1. The van der Waals surface area contributed by atoms with Crippen molar-refractivity contribution in [1.29, 1.82) is 0 Å². The second-order valence-electron chi connectivity index (χ2n) is 4.90. The molecule has 0 aromatic heterocycles. The predicted molar refractivity (Wildman–Crippen MR) is 90.3 cm³/mol. The first-order valence-corrected chi connectivity index (χ1v) is 7.89. The average molecular weight is 296 g/mol. The van der Waals surface area contributed by atoms with E-state index >= 15 is 0 Å². The number of thioether (sulfide) groups is 1. The number of fused-ring (bicyclic) bond motifs is 2. The molecule has 2 aromatic carbocycles. The van der Waals surface area contributed by atoms with Gasteiger partial charge in [0.25, 0.3) is 0 Å². The number of methoxy groups -OCH3 is 1. The maximum Gasteiger partial charge on any atom is 0.315 e. The summed E-state index contributed by atoms with van der Waals surface area (Å²) in [5.74, 6) is 0.183. The van der Waals surface area contributed by atoms with Gasteiger partial charge in [-0.2, -0.15) is 0 Å². The topological polar surface area (TPSA) is 26.3 Å². The van der Waals surface area contributed by atoms with E-state index in [2.05, 4.69) is 65.4 Å². The number of carbonyl (C=O) groups is 1. The summed E-state index contributed by atoms with van der Waals surface area (Å²) in [5, 5.41) is 2.68. The van der Waals surface area contributed by atoms with Crippen LogP contribution in [0.3, 0.4) is 0 Å². The van der Waals surface area contributed by atoms with Crippen LogP contribution in [-0.2, 0) is 9.53 Å². The molecule has 3 heteroatoms. The van der Waals surface area contributed by atoms with E-state index in [4.69, 9.17) is 0 Å². The first-order chi connectivity index (χ1) is 10.3. The standard InChI is InChI=1S/C18H16O2S/c1-20-18(19)12-21-17-8-6-15-10-13-4-2-3-5-14(13)11-16(15)7-9-17/h2-11,17H,12H2,1H3. The van der Waals surface area contributed by atoms with Gasteiger partial charge in [0.2, 0.25) is 0 Å². The van der Waals surface area contributed by atoms with Gasteiger partial charge in [-0.25, -0.2) is 0 Å². The van der Waals surface area contributed by atoms with Gasteiger partial charge in [-0.15, -0.1) is 11.8 Å². The van der Waals surface area contributed by atoms with Crippen molar-refractivity contribution in [3.05, 3.63) is 59.7 Å². The fraction of sp³-hybridized carbons (Fsp3) is 0.167. The summed E-state index contributed by atoms with van der Waals surface area (Å²) < 4.78 is 4.68. The van der Waals surface area contributed by atoms with Gasteiger partial charge < -0.3 is 4.74 Å². The monoisotopic (exact) mass is 296 g/mol. The molecule has 0 saturated carbocycles. The minimum Gasteiger partial charge on any atom is -0.468 e. The Morgan fingerprint density at radius 1 is 1.10 bits per heavy atom. The average Bonchev–Trinajstić information content (AvgIpc) is 2.72. The van der Waals surface area contributed by atoms with Crippen LogP contribution in [0.15, 0.2) is 48.6 Å². The fourth-order valence-electron chi connectivity index (χ4n) is 2.36. The van der Waals surface area contributed by atoms with Crippen molar-refractivity contribution < 1.29 is 9.53 Å². The van der Waals surface area contributed by atoms with Gasteiger partial charge in [0.15, 0.2) is 0 Å². The highest BCUT2D eigenvalue weighted by Crippen LogP contribution is 2.27. The Hall–Kier alpha value is -2.00. The van der Waals surface area contributed by atoms with Gasteiger partial charge in [0.05, 0.1) is 12.9 Å². The lowest BCUT2D eigenvalue weighted by Crippen LogP contribution is -2.06. The number of hydrogen-bond acceptors (Lipinski definition) is 3. The van der Waals surface area contributed by atoms with Gasteiger partial charge >= 0.3 is 5.97 Å². The van der Waals surface area contributed by atoms with Gasteiger partial charge in [0, 0.05) is 5.25 Å². The van der Waals surface area contributed by atoms with E-state index in [0.717, 1.165) is 0 Å². The van der Waals surface area contributed by atoms with E-state index in [9.17, 15) is 4.79 Å².